The van der Waals surface area contributed by atoms with E-state index in [1.807, 2.05) is 6.07 Å². The fourth-order valence-electron chi connectivity index (χ4n) is 3.26. The van der Waals surface area contributed by atoms with Gasteiger partial charge in [0.25, 0.3) is 0 Å². The lowest BCUT2D eigenvalue weighted by molar-refractivity contribution is 0.301. The Morgan fingerprint density at radius 3 is 2.96 bits per heavy atom. The molecule has 1 aromatic heterocycles. The van der Waals surface area contributed by atoms with Gasteiger partial charge in [0.15, 0.2) is 5.75 Å². The summed E-state index contributed by atoms with van der Waals surface area (Å²) in [4.78, 5) is 11.1. The highest BCUT2D eigenvalue weighted by Crippen LogP contribution is 2.45. The Labute approximate surface area is 170 Å². The van der Waals surface area contributed by atoms with Gasteiger partial charge >= 0.3 is 0 Å². The van der Waals surface area contributed by atoms with Crippen LogP contribution in [0.5, 0.6) is 11.5 Å². The van der Waals surface area contributed by atoms with Crippen molar-refractivity contribution in [3.05, 3.63) is 15.8 Å². The van der Waals surface area contributed by atoms with Crippen LogP contribution >= 0.6 is 27.5 Å². The maximum atomic E-state index is 9.02. The molecule has 0 spiro atoms. The fourth-order valence-corrected chi connectivity index (χ4v) is 3.98. The molecule has 1 atom stereocenters. The average Bonchev–Trinajstić information content (AvgIpc) is 3.48. The molecule has 9 heteroatoms. The Kier molecular flexibility index (Phi) is 5.26. The first-order chi connectivity index (χ1) is 13.1. The van der Waals surface area contributed by atoms with E-state index >= 15 is 0 Å². The lowest BCUT2D eigenvalue weighted by atomic mass is 10.1. The largest absolute Gasteiger partial charge is 0.495 e. The molecule has 2 fully saturated rings. The Balaban J connectivity index is 1.84. The molecule has 1 aromatic carbocycles. The number of rotatable bonds is 5. The molecule has 2 heterocycles. The first kappa shape index (κ1) is 18.5. The number of hydrogen-bond acceptors (Lipinski definition) is 7. The molecule has 1 saturated carbocycles. The summed E-state index contributed by atoms with van der Waals surface area (Å²) in [5.74, 6) is 2.04. The molecule has 2 aliphatic rings. The number of methoxy groups -OCH3 is 1. The van der Waals surface area contributed by atoms with Crippen molar-refractivity contribution in [2.75, 3.05) is 31.6 Å². The number of nitriles is 1. The van der Waals surface area contributed by atoms with Crippen LogP contribution in [0.4, 0.5) is 5.82 Å². The monoisotopic (exact) mass is 451 g/mol. The molecule has 1 saturated heterocycles. The van der Waals surface area contributed by atoms with Crippen molar-refractivity contribution in [2.45, 2.75) is 31.4 Å². The quantitative estimate of drug-likeness (QED) is 0.697. The van der Waals surface area contributed by atoms with E-state index in [4.69, 9.17) is 26.3 Å². The number of nitrogens with one attached hydrogen (secondary N) is 1. The van der Waals surface area contributed by atoms with Crippen molar-refractivity contribution in [1.82, 2.24) is 15.3 Å². The smallest absolute Gasteiger partial charge is 0.225 e. The summed E-state index contributed by atoms with van der Waals surface area (Å²) >= 11 is 9.85. The summed E-state index contributed by atoms with van der Waals surface area (Å²) < 4.78 is 12.4. The Hall–Kier alpha value is -1.82. The topological polar surface area (TPSA) is 83.3 Å². The van der Waals surface area contributed by atoms with Crippen molar-refractivity contribution in [1.29, 1.82) is 5.26 Å². The van der Waals surface area contributed by atoms with E-state index in [2.05, 4.69) is 42.2 Å². The molecule has 0 amide bonds. The van der Waals surface area contributed by atoms with Crippen LogP contribution in [0, 0.1) is 11.3 Å². The highest BCUT2D eigenvalue weighted by Gasteiger charge is 2.29. The van der Waals surface area contributed by atoms with Crippen LogP contribution in [0.15, 0.2) is 10.5 Å². The fraction of sp³-hybridized carbons (Fsp3) is 0.500. The Bertz CT molecular complexity index is 915. The molecule has 7 nitrogen and oxygen atoms in total. The summed E-state index contributed by atoms with van der Waals surface area (Å²) in [6.07, 6.45) is 2.71. The third-order valence-electron chi connectivity index (χ3n) is 4.73. The second-order valence-corrected chi connectivity index (χ2v) is 7.84. The highest BCUT2D eigenvalue weighted by atomic mass is 79.9. The third kappa shape index (κ3) is 3.77. The summed E-state index contributed by atoms with van der Waals surface area (Å²) in [6.45, 7) is 2.21. The number of piperazine rings is 1. The van der Waals surface area contributed by atoms with Crippen LogP contribution in [0.3, 0.4) is 0 Å². The predicted molar refractivity (Wildman–Crippen MR) is 107 cm³/mol. The highest BCUT2D eigenvalue weighted by molar-refractivity contribution is 9.10. The second-order valence-electron chi connectivity index (χ2n) is 6.71. The van der Waals surface area contributed by atoms with Gasteiger partial charge in [0.05, 0.1) is 31.1 Å². The van der Waals surface area contributed by atoms with Crippen molar-refractivity contribution in [2.24, 2.45) is 0 Å². The maximum Gasteiger partial charge on any atom is 0.225 e. The van der Waals surface area contributed by atoms with E-state index < -0.39 is 0 Å². The van der Waals surface area contributed by atoms with Crippen LogP contribution in [-0.4, -0.2) is 48.9 Å². The van der Waals surface area contributed by atoms with Crippen molar-refractivity contribution in [3.63, 3.8) is 0 Å². The number of aromatic nitrogens is 2. The van der Waals surface area contributed by atoms with Crippen LogP contribution in [0.2, 0.25) is 5.28 Å². The van der Waals surface area contributed by atoms with Gasteiger partial charge in [0.1, 0.15) is 21.6 Å². The molecule has 1 N–H and O–H groups in total. The number of benzene rings is 1. The summed E-state index contributed by atoms with van der Waals surface area (Å²) in [6, 6.07) is 4.23. The van der Waals surface area contributed by atoms with Crippen molar-refractivity contribution < 1.29 is 9.47 Å². The molecule has 2 aromatic rings. The minimum Gasteiger partial charge on any atom is -0.495 e. The standard InChI is InChI=1S/C18H19BrClN5O2/c1-26-13-8-12-15(16(14(13)19)27-11-2-3-11)23-18(20)24-17(12)25-7-6-22-10(9-25)4-5-21/h8,10-11,22H,2-4,6-7,9H2,1H3. The Morgan fingerprint density at radius 1 is 1.44 bits per heavy atom. The number of ether oxygens (including phenoxy) is 2. The van der Waals surface area contributed by atoms with Gasteiger partial charge in [0.2, 0.25) is 5.28 Å². The molecule has 1 aliphatic heterocycles. The average molecular weight is 453 g/mol. The molecule has 1 unspecified atom stereocenters. The number of fused-ring (bicyclic) bond motifs is 1. The van der Waals surface area contributed by atoms with Gasteiger partial charge in [-0.25, -0.2) is 4.98 Å². The molecule has 0 bridgehead atoms. The van der Waals surface area contributed by atoms with Gasteiger partial charge in [-0.3, -0.25) is 0 Å². The number of anilines is 1. The molecular formula is C18H19BrClN5O2. The van der Waals surface area contributed by atoms with Crippen LogP contribution in [-0.2, 0) is 0 Å². The summed E-state index contributed by atoms with van der Waals surface area (Å²) in [7, 11) is 1.62. The Morgan fingerprint density at radius 2 is 2.26 bits per heavy atom. The zero-order valence-electron chi connectivity index (χ0n) is 14.8. The number of nitrogens with zero attached hydrogens (tertiary/aromatic N) is 4. The second kappa shape index (κ2) is 7.66. The first-order valence-corrected chi connectivity index (χ1v) is 10.0. The van der Waals surface area contributed by atoms with Crippen LogP contribution in [0.1, 0.15) is 19.3 Å². The minimum atomic E-state index is 0.0899. The molecular weight excluding hydrogens is 434 g/mol. The number of halogens is 2. The molecule has 1 aliphatic carbocycles. The predicted octanol–water partition coefficient (Wildman–Crippen LogP) is 3.29. The van der Waals surface area contributed by atoms with Crippen LogP contribution in [0.25, 0.3) is 10.9 Å². The zero-order chi connectivity index (χ0) is 19.0. The SMILES string of the molecule is COc1cc2c(N3CCNC(CC#N)C3)nc(Cl)nc2c(OC2CC2)c1Br. The van der Waals surface area contributed by atoms with E-state index in [1.165, 1.54) is 0 Å². The molecule has 0 radical (unpaired) electrons. The van der Waals surface area contributed by atoms with E-state index in [-0.39, 0.29) is 17.4 Å². The van der Waals surface area contributed by atoms with Gasteiger partial charge in [-0.05, 0) is 46.4 Å². The summed E-state index contributed by atoms with van der Waals surface area (Å²) in [5.41, 5.74) is 0.667. The maximum absolute atomic E-state index is 9.02. The lowest BCUT2D eigenvalue weighted by Crippen LogP contribution is -2.50. The molecule has 4 rings (SSSR count). The van der Waals surface area contributed by atoms with E-state index in [0.29, 0.717) is 30.0 Å². The first-order valence-electron chi connectivity index (χ1n) is 8.86. The van der Waals surface area contributed by atoms with Gasteiger partial charge in [-0.2, -0.15) is 10.2 Å². The normalized spacial score (nSPS) is 19.8. The van der Waals surface area contributed by atoms with Gasteiger partial charge < -0.3 is 19.7 Å². The van der Waals surface area contributed by atoms with E-state index in [9.17, 15) is 0 Å². The van der Waals surface area contributed by atoms with Crippen LogP contribution < -0.4 is 19.7 Å². The molecule has 142 valence electrons. The summed E-state index contributed by atoms with van der Waals surface area (Å²) in [5, 5.41) is 13.4. The molecule has 27 heavy (non-hydrogen) atoms. The van der Waals surface area contributed by atoms with Gasteiger partial charge in [-0.15, -0.1) is 0 Å². The number of hydrogen-bond donors (Lipinski definition) is 1. The van der Waals surface area contributed by atoms with Crippen molar-refractivity contribution >= 4 is 44.3 Å². The van der Waals surface area contributed by atoms with Gasteiger partial charge in [0, 0.05) is 25.7 Å². The zero-order valence-corrected chi connectivity index (χ0v) is 17.2. The van der Waals surface area contributed by atoms with Crippen molar-refractivity contribution in [3.8, 4) is 17.6 Å². The van der Waals surface area contributed by atoms with E-state index in [1.54, 1.807) is 7.11 Å². The lowest BCUT2D eigenvalue weighted by Gasteiger charge is -2.34. The van der Waals surface area contributed by atoms with E-state index in [0.717, 1.165) is 41.6 Å². The third-order valence-corrected chi connectivity index (χ3v) is 5.65. The minimum absolute atomic E-state index is 0.0899. The van der Waals surface area contributed by atoms with Gasteiger partial charge in [-0.1, -0.05) is 0 Å².